The molecule has 0 bridgehead atoms. The molecule has 2 aliphatic heterocycles. The Balaban J connectivity index is 1.29. The first-order chi connectivity index (χ1) is 18.7. The van der Waals surface area contributed by atoms with Gasteiger partial charge in [0.15, 0.2) is 0 Å². The van der Waals surface area contributed by atoms with Gasteiger partial charge in [0.2, 0.25) is 0 Å². The third-order valence-electron chi connectivity index (χ3n) is 8.31. The number of H-pyrrole nitrogens is 1. The van der Waals surface area contributed by atoms with Crippen LogP contribution in [0.3, 0.4) is 0 Å². The van der Waals surface area contributed by atoms with Crippen LogP contribution in [0.25, 0.3) is 0 Å². The fourth-order valence-electron chi connectivity index (χ4n) is 5.75. The highest BCUT2D eigenvalue weighted by atomic mass is 16.2. The minimum absolute atomic E-state index is 0.142. The van der Waals surface area contributed by atoms with E-state index in [-0.39, 0.29) is 11.9 Å². The predicted octanol–water partition coefficient (Wildman–Crippen LogP) is 5.43. The summed E-state index contributed by atoms with van der Waals surface area (Å²) >= 11 is 0. The van der Waals surface area contributed by atoms with Gasteiger partial charge in [-0.05, 0) is 69.1 Å². The molecule has 0 saturated carbocycles. The maximum absolute atomic E-state index is 13.6. The molecule has 1 saturated heterocycles. The van der Waals surface area contributed by atoms with Crippen LogP contribution in [-0.2, 0) is 24.9 Å². The van der Waals surface area contributed by atoms with Gasteiger partial charge in [-0.3, -0.25) is 4.79 Å². The van der Waals surface area contributed by atoms with Crippen molar-refractivity contribution in [2.24, 2.45) is 0 Å². The number of benzene rings is 2. The van der Waals surface area contributed by atoms with Crippen LogP contribution in [0.5, 0.6) is 0 Å². The van der Waals surface area contributed by atoms with E-state index in [9.17, 15) is 9.59 Å². The van der Waals surface area contributed by atoms with Crippen molar-refractivity contribution < 1.29 is 9.59 Å². The van der Waals surface area contributed by atoms with Crippen LogP contribution >= 0.6 is 0 Å². The van der Waals surface area contributed by atoms with Gasteiger partial charge in [0, 0.05) is 60.6 Å². The van der Waals surface area contributed by atoms with Crippen molar-refractivity contribution in [3.05, 3.63) is 76.6 Å². The second-order valence-electron chi connectivity index (χ2n) is 11.1. The lowest BCUT2D eigenvalue weighted by atomic mass is 10.0. The number of piperazine rings is 1. The van der Waals surface area contributed by atoms with Crippen LogP contribution in [-0.4, -0.2) is 59.9 Å². The van der Waals surface area contributed by atoms with E-state index < -0.39 is 5.54 Å². The lowest BCUT2D eigenvalue weighted by Gasteiger charge is -2.34. The SMILES string of the molecule is CCc1cccc(CC)c1NC(=O)N1Cc2c(NC(=O)c3ccc(N4CCN(C)CC4)cc3)c[nH]c2C1(C)C. The summed E-state index contributed by atoms with van der Waals surface area (Å²) in [6.45, 7) is 12.7. The number of hydrogen-bond acceptors (Lipinski definition) is 4. The first kappa shape index (κ1) is 26.8. The number of aromatic nitrogens is 1. The summed E-state index contributed by atoms with van der Waals surface area (Å²) in [5, 5.41) is 6.28. The van der Waals surface area contributed by atoms with E-state index in [1.54, 1.807) is 0 Å². The molecule has 3 aromatic rings. The smallest absolute Gasteiger partial charge is 0.322 e. The number of aromatic amines is 1. The van der Waals surface area contributed by atoms with Crippen molar-refractivity contribution in [2.75, 3.05) is 48.8 Å². The number of carbonyl (C=O) groups excluding carboxylic acids is 2. The summed E-state index contributed by atoms with van der Waals surface area (Å²) in [5.41, 5.74) is 6.96. The van der Waals surface area contributed by atoms with Crippen LogP contribution in [0.4, 0.5) is 21.9 Å². The zero-order chi connectivity index (χ0) is 27.7. The number of likely N-dealkylation sites (N-methyl/N-ethyl adjacent to an activating group) is 1. The standard InChI is InChI=1S/C31H40N6O2/c1-6-21-9-8-10-22(7-2)27(21)34-30(39)37-20-25-26(19-32-28(25)31(37,3)4)33-29(38)23-11-13-24(14-12-23)36-17-15-35(5)16-18-36/h8-14,19,32H,6-7,15-18,20H2,1-5H3,(H,33,38)(H,34,39). The molecule has 8 heteroatoms. The zero-order valence-electron chi connectivity index (χ0n) is 23.7. The third-order valence-corrected chi connectivity index (χ3v) is 8.31. The number of para-hydroxylation sites is 1. The summed E-state index contributed by atoms with van der Waals surface area (Å²) in [4.78, 5) is 36.6. The maximum atomic E-state index is 13.6. The molecule has 0 atom stereocenters. The summed E-state index contributed by atoms with van der Waals surface area (Å²) in [6.07, 6.45) is 3.52. The lowest BCUT2D eigenvalue weighted by Crippen LogP contribution is -2.44. The number of fused-ring (bicyclic) bond motifs is 1. The highest BCUT2D eigenvalue weighted by Gasteiger charge is 2.43. The molecule has 1 aromatic heterocycles. The van der Waals surface area contributed by atoms with Crippen molar-refractivity contribution >= 4 is 29.0 Å². The first-order valence-corrected chi connectivity index (χ1v) is 14.0. The van der Waals surface area contributed by atoms with Crippen LogP contribution in [0.2, 0.25) is 0 Å². The molecule has 0 spiro atoms. The Bertz CT molecular complexity index is 1330. The van der Waals surface area contributed by atoms with Gasteiger partial charge in [0.05, 0.1) is 17.8 Å². The molecule has 3 amide bonds. The van der Waals surface area contributed by atoms with E-state index >= 15 is 0 Å². The molecular weight excluding hydrogens is 488 g/mol. The van der Waals surface area contributed by atoms with Gasteiger partial charge in [0.25, 0.3) is 5.91 Å². The molecule has 0 radical (unpaired) electrons. The largest absolute Gasteiger partial charge is 0.369 e. The number of aryl methyl sites for hydroxylation is 2. The second-order valence-corrected chi connectivity index (χ2v) is 11.1. The van der Waals surface area contributed by atoms with Crippen molar-refractivity contribution in [1.82, 2.24) is 14.8 Å². The predicted molar refractivity (Wildman–Crippen MR) is 158 cm³/mol. The van der Waals surface area contributed by atoms with E-state index in [2.05, 4.69) is 58.4 Å². The average Bonchev–Trinajstić information content (AvgIpc) is 3.46. The lowest BCUT2D eigenvalue weighted by molar-refractivity contribution is 0.102. The average molecular weight is 529 g/mol. The minimum atomic E-state index is -0.555. The van der Waals surface area contributed by atoms with Crippen molar-refractivity contribution in [3.63, 3.8) is 0 Å². The summed E-state index contributed by atoms with van der Waals surface area (Å²) in [7, 11) is 2.14. The number of rotatable bonds is 6. The molecule has 1 fully saturated rings. The molecule has 8 nitrogen and oxygen atoms in total. The fraction of sp³-hybridized carbons (Fsp3) is 0.419. The Morgan fingerprint density at radius 1 is 0.923 bits per heavy atom. The van der Waals surface area contributed by atoms with E-state index in [0.717, 1.165) is 72.8 Å². The van der Waals surface area contributed by atoms with Gasteiger partial charge in [-0.2, -0.15) is 0 Å². The Hall–Kier alpha value is -3.78. The van der Waals surface area contributed by atoms with Gasteiger partial charge in [-0.1, -0.05) is 32.0 Å². The number of nitrogens with zero attached hydrogens (tertiary/aromatic N) is 3. The van der Waals surface area contributed by atoms with E-state index in [0.29, 0.717) is 17.8 Å². The summed E-state index contributed by atoms with van der Waals surface area (Å²) < 4.78 is 0. The topological polar surface area (TPSA) is 83.7 Å². The van der Waals surface area contributed by atoms with Crippen molar-refractivity contribution in [3.8, 4) is 0 Å². The molecule has 2 aliphatic rings. The molecule has 2 aromatic carbocycles. The van der Waals surface area contributed by atoms with Gasteiger partial charge in [0.1, 0.15) is 0 Å². The van der Waals surface area contributed by atoms with E-state index in [1.165, 1.54) is 0 Å². The van der Waals surface area contributed by atoms with Crippen LogP contribution in [0, 0.1) is 0 Å². The Kier molecular flexibility index (Phi) is 7.40. The van der Waals surface area contributed by atoms with Gasteiger partial charge in [-0.15, -0.1) is 0 Å². The number of carbonyl (C=O) groups is 2. The maximum Gasteiger partial charge on any atom is 0.322 e. The highest BCUT2D eigenvalue weighted by molar-refractivity contribution is 6.05. The van der Waals surface area contributed by atoms with Crippen molar-refractivity contribution in [1.29, 1.82) is 0 Å². The van der Waals surface area contributed by atoms with Gasteiger partial charge >= 0.3 is 6.03 Å². The fourth-order valence-corrected chi connectivity index (χ4v) is 5.75. The minimum Gasteiger partial charge on any atom is -0.369 e. The van der Waals surface area contributed by atoms with Gasteiger partial charge in [-0.25, -0.2) is 4.79 Å². The van der Waals surface area contributed by atoms with E-state index in [1.807, 2.05) is 55.3 Å². The van der Waals surface area contributed by atoms with E-state index in [4.69, 9.17) is 0 Å². The molecule has 3 heterocycles. The number of hydrogen-bond donors (Lipinski definition) is 3. The number of urea groups is 1. The van der Waals surface area contributed by atoms with Crippen molar-refractivity contribution in [2.45, 2.75) is 52.6 Å². The first-order valence-electron chi connectivity index (χ1n) is 14.0. The summed E-state index contributed by atoms with van der Waals surface area (Å²) in [5.74, 6) is -0.160. The zero-order valence-corrected chi connectivity index (χ0v) is 23.7. The second kappa shape index (κ2) is 10.8. The number of nitrogens with one attached hydrogen (secondary N) is 3. The molecule has 0 unspecified atom stereocenters. The molecular formula is C31H40N6O2. The van der Waals surface area contributed by atoms with Crippen LogP contribution in [0.1, 0.15) is 60.4 Å². The monoisotopic (exact) mass is 528 g/mol. The van der Waals surface area contributed by atoms with Gasteiger partial charge < -0.3 is 30.3 Å². The molecule has 0 aliphatic carbocycles. The van der Waals surface area contributed by atoms with Crippen LogP contribution < -0.4 is 15.5 Å². The molecule has 206 valence electrons. The molecule has 39 heavy (non-hydrogen) atoms. The van der Waals surface area contributed by atoms with Crippen LogP contribution in [0.15, 0.2) is 48.7 Å². The molecule has 5 rings (SSSR count). The Morgan fingerprint density at radius 2 is 1.56 bits per heavy atom. The number of amides is 3. The normalized spacial score (nSPS) is 16.7. The number of anilines is 3. The highest BCUT2D eigenvalue weighted by Crippen LogP contribution is 2.42. The Labute approximate surface area is 231 Å². The third kappa shape index (κ3) is 5.13. The molecule has 3 N–H and O–H groups in total. The summed E-state index contributed by atoms with van der Waals surface area (Å²) in [6, 6.07) is 13.9. The quantitative estimate of drug-likeness (QED) is 0.399. The Morgan fingerprint density at radius 3 is 2.18 bits per heavy atom.